The van der Waals surface area contributed by atoms with E-state index in [1.54, 1.807) is 0 Å². The van der Waals surface area contributed by atoms with Crippen LogP contribution in [0, 0.1) is 0 Å². The highest BCUT2D eigenvalue weighted by molar-refractivity contribution is 8.15. The third-order valence-corrected chi connectivity index (χ3v) is 3.62. The van der Waals surface area contributed by atoms with Gasteiger partial charge in [-0.15, -0.1) is 11.8 Å². The molecular weight excluding hydrogens is 162 g/mol. The Balaban J connectivity index is 2.85. The third-order valence-electron chi connectivity index (χ3n) is 1.60. The van der Waals surface area contributed by atoms with Gasteiger partial charge in [0.05, 0.1) is 5.75 Å². The van der Waals surface area contributed by atoms with E-state index < -0.39 is 0 Å². The average molecular weight is 174 g/mol. The fourth-order valence-electron chi connectivity index (χ4n) is 0.802. The summed E-state index contributed by atoms with van der Waals surface area (Å²) in [6.45, 7) is 2.14. The number of thioether (sulfide) groups is 2. The maximum Gasteiger partial charge on any atom is 0.225 e. The van der Waals surface area contributed by atoms with Crippen molar-refractivity contribution in [1.29, 1.82) is 0 Å². The first-order valence-electron chi connectivity index (χ1n) is 3.17. The van der Waals surface area contributed by atoms with Crippen LogP contribution < -0.4 is 0 Å². The van der Waals surface area contributed by atoms with E-state index in [1.165, 1.54) is 10.7 Å². The molecule has 0 aromatic carbocycles. The van der Waals surface area contributed by atoms with Crippen molar-refractivity contribution < 1.29 is 4.58 Å². The summed E-state index contributed by atoms with van der Waals surface area (Å²) in [7, 11) is 2.12. The maximum absolute atomic E-state index is 2.25. The molecule has 0 spiro atoms. The van der Waals surface area contributed by atoms with Crippen LogP contribution in [0.15, 0.2) is 11.1 Å². The molecule has 0 N–H and O–H groups in total. The fraction of sp³-hybridized carbons (Fsp3) is 0.571. The van der Waals surface area contributed by atoms with E-state index >= 15 is 0 Å². The van der Waals surface area contributed by atoms with Gasteiger partial charge in [0.25, 0.3) is 0 Å². The van der Waals surface area contributed by atoms with Crippen LogP contribution in [0.5, 0.6) is 0 Å². The van der Waals surface area contributed by atoms with Crippen molar-refractivity contribution >= 4 is 28.6 Å². The molecule has 0 saturated heterocycles. The second kappa shape index (κ2) is 3.49. The zero-order valence-electron chi connectivity index (χ0n) is 6.55. The molecule has 3 heteroatoms. The van der Waals surface area contributed by atoms with Gasteiger partial charge in [-0.3, -0.25) is 0 Å². The van der Waals surface area contributed by atoms with Crippen LogP contribution in [-0.2, 0) is 0 Å². The summed E-state index contributed by atoms with van der Waals surface area (Å²) in [5.41, 5.74) is 1.35. The molecular formula is C7H12NS2+. The van der Waals surface area contributed by atoms with Crippen molar-refractivity contribution in [3.05, 3.63) is 11.1 Å². The minimum atomic E-state index is 1.13. The average Bonchev–Trinajstić information content (AvgIpc) is 1.95. The Labute approximate surface area is 70.6 Å². The van der Waals surface area contributed by atoms with Crippen molar-refractivity contribution in [2.45, 2.75) is 6.92 Å². The number of nitrogens with zero attached hydrogens (tertiary/aromatic N) is 1. The zero-order chi connectivity index (χ0) is 7.56. The topological polar surface area (TPSA) is 3.01 Å². The molecule has 0 fully saturated rings. The van der Waals surface area contributed by atoms with Crippen molar-refractivity contribution in [2.24, 2.45) is 0 Å². The Bertz CT molecular complexity index is 194. The van der Waals surface area contributed by atoms with E-state index in [0.29, 0.717) is 0 Å². The van der Waals surface area contributed by atoms with Gasteiger partial charge in [-0.25, -0.2) is 0 Å². The molecule has 1 rings (SSSR count). The lowest BCUT2D eigenvalue weighted by molar-refractivity contribution is -0.440. The molecule has 0 amide bonds. The monoisotopic (exact) mass is 174 g/mol. The number of hydrogen-bond donors (Lipinski definition) is 0. The molecule has 10 heavy (non-hydrogen) atoms. The highest BCUT2D eigenvalue weighted by Gasteiger charge is 2.15. The number of rotatable bonds is 0. The lowest BCUT2D eigenvalue weighted by atomic mass is 10.5. The Morgan fingerprint density at radius 1 is 1.70 bits per heavy atom. The van der Waals surface area contributed by atoms with Gasteiger partial charge in [0.15, 0.2) is 5.70 Å². The lowest BCUT2D eigenvalue weighted by Crippen LogP contribution is -2.17. The zero-order valence-corrected chi connectivity index (χ0v) is 8.18. The SMILES string of the molecule is CSC1=[N+](C)C(C)=CSC1. The van der Waals surface area contributed by atoms with Crippen LogP contribution in [0.4, 0.5) is 0 Å². The van der Waals surface area contributed by atoms with Crippen LogP contribution in [0.2, 0.25) is 0 Å². The number of allylic oxidation sites excluding steroid dienone is 1. The molecule has 1 heterocycles. The van der Waals surface area contributed by atoms with Gasteiger partial charge in [0.1, 0.15) is 7.05 Å². The van der Waals surface area contributed by atoms with Gasteiger partial charge < -0.3 is 0 Å². The maximum atomic E-state index is 2.25. The highest BCUT2D eigenvalue weighted by atomic mass is 32.2. The molecule has 0 bridgehead atoms. The summed E-state index contributed by atoms with van der Waals surface area (Å²) in [6, 6.07) is 0. The normalized spacial score (nSPS) is 19.3. The summed E-state index contributed by atoms with van der Waals surface area (Å²) in [5.74, 6) is 1.13. The molecule has 1 aliphatic rings. The predicted octanol–water partition coefficient (Wildman–Crippen LogP) is 2.00. The van der Waals surface area contributed by atoms with Gasteiger partial charge in [0.2, 0.25) is 5.04 Å². The largest absolute Gasteiger partial charge is 0.225 e. The van der Waals surface area contributed by atoms with Crippen molar-refractivity contribution in [2.75, 3.05) is 19.1 Å². The summed E-state index contributed by atoms with van der Waals surface area (Å²) in [6.07, 6.45) is 2.13. The molecule has 0 atom stereocenters. The first-order chi connectivity index (χ1) is 4.75. The molecule has 1 aliphatic heterocycles. The molecule has 56 valence electrons. The van der Waals surface area contributed by atoms with E-state index in [2.05, 4.69) is 30.2 Å². The minimum absolute atomic E-state index is 1.13. The quantitative estimate of drug-likeness (QED) is 0.517. The Kier molecular flexibility index (Phi) is 2.86. The smallest absolute Gasteiger partial charge is 0.196 e. The van der Waals surface area contributed by atoms with Crippen molar-refractivity contribution in [3.8, 4) is 0 Å². The van der Waals surface area contributed by atoms with Crippen LogP contribution in [0.25, 0.3) is 0 Å². The standard InChI is InChI=1S/C7H12NS2/c1-6-4-10-5-7(9-3)8(6)2/h4H,5H2,1-3H3/q+1. The first-order valence-corrected chi connectivity index (χ1v) is 5.45. The molecule has 0 aliphatic carbocycles. The van der Waals surface area contributed by atoms with Gasteiger partial charge in [-0.1, -0.05) is 11.8 Å². The van der Waals surface area contributed by atoms with Gasteiger partial charge in [-0.05, 0) is 6.26 Å². The van der Waals surface area contributed by atoms with Crippen LogP contribution >= 0.6 is 23.5 Å². The van der Waals surface area contributed by atoms with Crippen LogP contribution in [-0.4, -0.2) is 28.7 Å². The molecule has 0 saturated carbocycles. The van der Waals surface area contributed by atoms with E-state index in [1.807, 2.05) is 23.5 Å². The van der Waals surface area contributed by atoms with Crippen LogP contribution in [0.1, 0.15) is 6.92 Å². The van der Waals surface area contributed by atoms with Gasteiger partial charge >= 0.3 is 0 Å². The van der Waals surface area contributed by atoms with Crippen molar-refractivity contribution in [3.63, 3.8) is 0 Å². The summed E-state index contributed by atoms with van der Waals surface area (Å²) < 4.78 is 2.25. The highest BCUT2D eigenvalue weighted by Crippen LogP contribution is 2.17. The third kappa shape index (κ3) is 1.58. The van der Waals surface area contributed by atoms with E-state index in [-0.39, 0.29) is 0 Å². The first kappa shape index (κ1) is 8.21. The Hall–Kier alpha value is 0.110. The van der Waals surface area contributed by atoms with E-state index in [0.717, 1.165) is 5.75 Å². The van der Waals surface area contributed by atoms with E-state index in [4.69, 9.17) is 0 Å². The van der Waals surface area contributed by atoms with E-state index in [9.17, 15) is 0 Å². The second-order valence-electron chi connectivity index (χ2n) is 2.23. The molecule has 0 aromatic rings. The lowest BCUT2D eigenvalue weighted by Gasteiger charge is -2.06. The Morgan fingerprint density at radius 2 is 2.40 bits per heavy atom. The van der Waals surface area contributed by atoms with Gasteiger partial charge in [-0.2, -0.15) is 4.58 Å². The molecule has 0 unspecified atom stereocenters. The number of hydrogen-bond acceptors (Lipinski definition) is 2. The molecule has 1 nitrogen and oxygen atoms in total. The summed E-state index contributed by atoms with van der Waals surface area (Å²) in [4.78, 5) is 0. The molecule has 0 radical (unpaired) electrons. The summed E-state index contributed by atoms with van der Waals surface area (Å²) >= 11 is 3.72. The Morgan fingerprint density at radius 3 is 2.90 bits per heavy atom. The second-order valence-corrected chi connectivity index (χ2v) is 3.96. The van der Waals surface area contributed by atoms with Crippen LogP contribution in [0.3, 0.4) is 0 Å². The fourth-order valence-corrected chi connectivity index (χ4v) is 2.71. The predicted molar refractivity (Wildman–Crippen MR) is 50.9 cm³/mol. The summed E-state index contributed by atoms with van der Waals surface area (Å²) in [5, 5.41) is 3.66. The molecule has 0 aromatic heterocycles. The van der Waals surface area contributed by atoms with Gasteiger partial charge in [0, 0.05) is 12.3 Å². The minimum Gasteiger partial charge on any atom is -0.196 e. The van der Waals surface area contributed by atoms with Crippen molar-refractivity contribution in [1.82, 2.24) is 0 Å².